The molecule has 26 heavy (non-hydrogen) atoms. The maximum absolute atomic E-state index is 12.1. The summed E-state index contributed by atoms with van der Waals surface area (Å²) in [4.78, 5) is 13.7. The highest BCUT2D eigenvalue weighted by Gasteiger charge is 2.18. The van der Waals surface area contributed by atoms with E-state index >= 15 is 0 Å². The average molecular weight is 354 g/mol. The van der Waals surface area contributed by atoms with Crippen LogP contribution < -0.4 is 0 Å². The van der Waals surface area contributed by atoms with Crippen molar-refractivity contribution in [1.82, 2.24) is 14.7 Å². The number of aromatic nitrogens is 2. The molecule has 0 saturated carbocycles. The molecule has 2 aromatic rings. The number of rotatable bonds is 6. The van der Waals surface area contributed by atoms with Gasteiger partial charge in [0.15, 0.2) is 6.19 Å². The summed E-state index contributed by atoms with van der Waals surface area (Å²) in [5.41, 5.74) is 1.93. The number of carbonyl (C=O) groups is 1. The van der Waals surface area contributed by atoms with Gasteiger partial charge in [-0.2, -0.15) is 10.4 Å². The number of benzene rings is 1. The fourth-order valence-electron chi connectivity index (χ4n) is 2.56. The number of hydrogen-bond donors (Lipinski definition) is 0. The Morgan fingerprint density at radius 1 is 1.23 bits per heavy atom. The molecule has 0 aliphatic carbocycles. The Bertz CT molecular complexity index is 779. The molecule has 0 N–H and O–H groups in total. The van der Waals surface area contributed by atoms with Gasteiger partial charge in [-0.3, -0.25) is 4.68 Å². The highest BCUT2D eigenvalue weighted by Crippen LogP contribution is 2.15. The van der Waals surface area contributed by atoms with Crippen LogP contribution in [0.5, 0.6) is 0 Å². The predicted molar refractivity (Wildman–Crippen MR) is 99.1 cm³/mol. The van der Waals surface area contributed by atoms with Crippen LogP contribution in [-0.4, -0.2) is 26.3 Å². The lowest BCUT2D eigenvalue weighted by atomic mass is 10.1. The zero-order chi connectivity index (χ0) is 19.3. The second-order valence-electron chi connectivity index (χ2n) is 7.52. The van der Waals surface area contributed by atoms with Gasteiger partial charge in [-0.15, -0.1) is 0 Å². The van der Waals surface area contributed by atoms with Gasteiger partial charge in [0.25, 0.3) is 0 Å². The van der Waals surface area contributed by atoms with E-state index in [4.69, 9.17) is 4.74 Å². The predicted octanol–water partition coefficient (Wildman–Crippen LogP) is 3.90. The largest absolute Gasteiger partial charge is 0.456 e. The minimum atomic E-state index is -0.521. The van der Waals surface area contributed by atoms with Crippen LogP contribution in [0.15, 0.2) is 36.5 Å². The molecule has 1 aromatic carbocycles. The van der Waals surface area contributed by atoms with E-state index in [-0.39, 0.29) is 12.0 Å². The quantitative estimate of drug-likeness (QED) is 0.447. The van der Waals surface area contributed by atoms with Gasteiger partial charge < -0.3 is 9.64 Å². The molecule has 0 aliphatic heterocycles. The van der Waals surface area contributed by atoms with Crippen LogP contribution in [0, 0.1) is 11.5 Å². The average Bonchev–Trinajstić information content (AvgIpc) is 3.01. The summed E-state index contributed by atoms with van der Waals surface area (Å²) in [5.74, 6) is -0.345. The van der Waals surface area contributed by atoms with Crippen molar-refractivity contribution in [2.75, 3.05) is 0 Å². The topological polar surface area (TPSA) is 71.2 Å². The molecule has 6 heteroatoms. The first-order valence-corrected chi connectivity index (χ1v) is 8.69. The standard InChI is InChI=1S/C20H26N4O2/c1-15(2)24-18(10-11-22-24)13-23(14-21)12-16-6-8-17(9-7-16)19(25)26-20(3,4)5/h6-11,15H,12-13H2,1-5H3. The lowest BCUT2D eigenvalue weighted by Gasteiger charge is -2.20. The smallest absolute Gasteiger partial charge is 0.338 e. The molecule has 0 atom stereocenters. The number of carbonyl (C=O) groups excluding carboxylic acids is 1. The van der Waals surface area contributed by atoms with Crippen molar-refractivity contribution in [3.8, 4) is 6.19 Å². The van der Waals surface area contributed by atoms with Crippen molar-refractivity contribution in [1.29, 1.82) is 5.26 Å². The van der Waals surface area contributed by atoms with Crippen LogP contribution in [0.25, 0.3) is 0 Å². The maximum Gasteiger partial charge on any atom is 0.338 e. The van der Waals surface area contributed by atoms with Gasteiger partial charge in [0.2, 0.25) is 0 Å². The van der Waals surface area contributed by atoms with Crippen molar-refractivity contribution < 1.29 is 9.53 Å². The first-order valence-electron chi connectivity index (χ1n) is 8.69. The molecular formula is C20H26N4O2. The first kappa shape index (κ1) is 19.5. The fourth-order valence-corrected chi connectivity index (χ4v) is 2.56. The number of hydrogen-bond acceptors (Lipinski definition) is 5. The molecule has 1 heterocycles. The zero-order valence-corrected chi connectivity index (χ0v) is 16.1. The molecule has 1 aromatic heterocycles. The zero-order valence-electron chi connectivity index (χ0n) is 16.1. The van der Waals surface area contributed by atoms with Gasteiger partial charge in [0.1, 0.15) is 5.60 Å². The summed E-state index contributed by atoms with van der Waals surface area (Å²) in [5, 5.41) is 13.8. The van der Waals surface area contributed by atoms with E-state index in [9.17, 15) is 10.1 Å². The molecule has 0 unspecified atom stereocenters. The Kier molecular flexibility index (Phi) is 6.04. The van der Waals surface area contributed by atoms with Gasteiger partial charge in [-0.05, 0) is 58.4 Å². The van der Waals surface area contributed by atoms with Crippen molar-refractivity contribution >= 4 is 5.97 Å². The summed E-state index contributed by atoms with van der Waals surface area (Å²) in [6, 6.07) is 9.34. The second kappa shape index (κ2) is 8.05. The maximum atomic E-state index is 12.1. The van der Waals surface area contributed by atoms with Crippen LogP contribution >= 0.6 is 0 Å². The lowest BCUT2D eigenvalue weighted by Crippen LogP contribution is -2.24. The highest BCUT2D eigenvalue weighted by molar-refractivity contribution is 5.89. The first-order chi connectivity index (χ1) is 12.2. The van der Waals surface area contributed by atoms with Crippen molar-refractivity contribution in [3.63, 3.8) is 0 Å². The van der Waals surface area contributed by atoms with E-state index in [1.165, 1.54) is 0 Å². The Morgan fingerprint density at radius 2 is 1.88 bits per heavy atom. The van der Waals surface area contributed by atoms with Gasteiger partial charge in [0, 0.05) is 12.2 Å². The van der Waals surface area contributed by atoms with Crippen LogP contribution in [0.3, 0.4) is 0 Å². The Hall–Kier alpha value is -2.81. The molecule has 0 aliphatic rings. The van der Waals surface area contributed by atoms with E-state index < -0.39 is 5.60 Å². The molecule has 2 rings (SSSR count). The second-order valence-corrected chi connectivity index (χ2v) is 7.52. The van der Waals surface area contributed by atoms with Crippen molar-refractivity contribution in [2.24, 2.45) is 0 Å². The van der Waals surface area contributed by atoms with E-state index in [1.54, 1.807) is 23.2 Å². The van der Waals surface area contributed by atoms with E-state index in [0.29, 0.717) is 18.7 Å². The molecular weight excluding hydrogens is 328 g/mol. The van der Waals surface area contributed by atoms with Crippen molar-refractivity contribution in [2.45, 2.75) is 59.4 Å². The summed E-state index contributed by atoms with van der Waals surface area (Å²) < 4.78 is 7.27. The minimum absolute atomic E-state index is 0.244. The third-order valence-corrected chi connectivity index (χ3v) is 3.70. The normalized spacial score (nSPS) is 11.3. The molecule has 0 fully saturated rings. The van der Waals surface area contributed by atoms with E-state index in [0.717, 1.165) is 11.3 Å². The van der Waals surface area contributed by atoms with Gasteiger partial charge in [-0.25, -0.2) is 4.79 Å². The number of ether oxygens (including phenoxy) is 1. The summed E-state index contributed by atoms with van der Waals surface area (Å²) in [6.07, 6.45) is 3.97. The number of nitriles is 1. The summed E-state index contributed by atoms with van der Waals surface area (Å²) >= 11 is 0. The Morgan fingerprint density at radius 3 is 2.42 bits per heavy atom. The van der Waals surface area contributed by atoms with Crippen LogP contribution in [-0.2, 0) is 17.8 Å². The Labute approximate surface area is 155 Å². The fraction of sp³-hybridized carbons (Fsp3) is 0.450. The Balaban J connectivity index is 2.03. The third-order valence-electron chi connectivity index (χ3n) is 3.70. The summed E-state index contributed by atoms with van der Waals surface area (Å²) in [6.45, 7) is 10.6. The van der Waals surface area contributed by atoms with Crippen LogP contribution in [0.4, 0.5) is 0 Å². The third kappa shape index (κ3) is 5.35. The molecule has 0 amide bonds. The van der Waals surface area contributed by atoms with E-state index in [2.05, 4.69) is 25.1 Å². The lowest BCUT2D eigenvalue weighted by molar-refractivity contribution is 0.00695. The van der Waals surface area contributed by atoms with Crippen LogP contribution in [0.2, 0.25) is 0 Å². The molecule has 0 saturated heterocycles. The molecule has 0 spiro atoms. The van der Waals surface area contributed by atoms with Gasteiger partial charge in [-0.1, -0.05) is 12.1 Å². The van der Waals surface area contributed by atoms with Gasteiger partial charge >= 0.3 is 5.97 Å². The molecule has 6 nitrogen and oxygen atoms in total. The highest BCUT2D eigenvalue weighted by atomic mass is 16.6. The van der Waals surface area contributed by atoms with Crippen molar-refractivity contribution in [3.05, 3.63) is 53.3 Å². The molecule has 0 radical (unpaired) electrons. The SMILES string of the molecule is CC(C)n1nccc1CN(C#N)Cc1ccc(C(=O)OC(C)(C)C)cc1. The minimum Gasteiger partial charge on any atom is -0.456 e. The molecule has 0 bridgehead atoms. The summed E-state index contributed by atoms with van der Waals surface area (Å²) in [7, 11) is 0. The van der Waals surface area contributed by atoms with Crippen LogP contribution in [0.1, 0.15) is 62.3 Å². The monoisotopic (exact) mass is 354 g/mol. The van der Waals surface area contributed by atoms with E-state index in [1.807, 2.05) is 43.7 Å². The number of nitrogens with zero attached hydrogens (tertiary/aromatic N) is 4. The number of esters is 1. The van der Waals surface area contributed by atoms with Gasteiger partial charge in [0.05, 0.1) is 24.3 Å². The molecule has 138 valence electrons.